The molecular weight excluding hydrogens is 465 g/mol. The third kappa shape index (κ3) is 4.72. The van der Waals surface area contributed by atoms with Gasteiger partial charge in [0.05, 0.1) is 29.7 Å². The van der Waals surface area contributed by atoms with Crippen LogP contribution in [-0.2, 0) is 0 Å². The molecule has 3 aromatic carbocycles. The molecule has 1 heterocycles. The maximum atomic E-state index is 14.0. The third-order valence-corrected chi connectivity index (χ3v) is 6.82. The van der Waals surface area contributed by atoms with Gasteiger partial charge < -0.3 is 19.7 Å². The Morgan fingerprint density at radius 2 is 1.91 bits per heavy atom. The molecule has 0 aliphatic carbocycles. The number of benzene rings is 3. The SMILES string of the molecule is C=S(C)N(CC)c1cc2nn(-c3ccc(Nc4ccccc4F)cc3)c(C(=O)NC)c2cc1OC. The summed E-state index contributed by atoms with van der Waals surface area (Å²) in [5.74, 6) is 4.22. The number of rotatable bonds is 8. The number of nitrogens with zero attached hydrogens (tertiary/aromatic N) is 3. The first kappa shape index (κ1) is 24.3. The molecule has 1 amide bonds. The molecule has 0 saturated carbocycles. The van der Waals surface area contributed by atoms with Crippen molar-refractivity contribution in [1.29, 1.82) is 0 Å². The van der Waals surface area contributed by atoms with E-state index >= 15 is 0 Å². The molecule has 182 valence electrons. The number of carbonyl (C=O) groups excluding carboxylic acids is 1. The molecule has 0 spiro atoms. The molecular formula is C26H28FN5O2S. The van der Waals surface area contributed by atoms with Crippen molar-refractivity contribution in [3.63, 3.8) is 0 Å². The molecule has 7 nitrogen and oxygen atoms in total. The molecule has 0 saturated heterocycles. The summed E-state index contributed by atoms with van der Waals surface area (Å²) in [5.41, 5.74) is 3.73. The van der Waals surface area contributed by atoms with Crippen LogP contribution in [0.2, 0.25) is 0 Å². The number of methoxy groups -OCH3 is 1. The Bertz CT molecular complexity index is 1400. The predicted octanol–water partition coefficient (Wildman–Crippen LogP) is 5.35. The van der Waals surface area contributed by atoms with E-state index in [1.807, 2.05) is 42.7 Å². The van der Waals surface area contributed by atoms with E-state index in [1.54, 1.807) is 37.0 Å². The van der Waals surface area contributed by atoms with E-state index in [9.17, 15) is 9.18 Å². The van der Waals surface area contributed by atoms with Gasteiger partial charge in [0, 0.05) is 24.7 Å². The highest BCUT2D eigenvalue weighted by Gasteiger charge is 2.22. The molecule has 2 N–H and O–H groups in total. The Morgan fingerprint density at radius 3 is 2.51 bits per heavy atom. The number of hydrogen-bond donors (Lipinski definition) is 2. The second kappa shape index (κ2) is 10.2. The highest BCUT2D eigenvalue weighted by molar-refractivity contribution is 8.14. The van der Waals surface area contributed by atoms with Gasteiger partial charge in [0.1, 0.15) is 17.3 Å². The molecule has 1 aromatic heterocycles. The fourth-order valence-corrected chi connectivity index (χ4v) is 4.87. The van der Waals surface area contributed by atoms with Crippen molar-refractivity contribution in [3.8, 4) is 11.4 Å². The predicted molar refractivity (Wildman–Crippen MR) is 144 cm³/mol. The van der Waals surface area contributed by atoms with Gasteiger partial charge in [-0.15, -0.1) is 10.7 Å². The van der Waals surface area contributed by atoms with Gasteiger partial charge in [-0.3, -0.25) is 4.79 Å². The van der Waals surface area contributed by atoms with Crippen molar-refractivity contribution in [1.82, 2.24) is 15.1 Å². The third-order valence-electron chi connectivity index (χ3n) is 5.61. The molecule has 4 rings (SSSR count). The van der Waals surface area contributed by atoms with E-state index < -0.39 is 0 Å². The van der Waals surface area contributed by atoms with Crippen molar-refractivity contribution >= 4 is 50.4 Å². The van der Waals surface area contributed by atoms with E-state index in [0.29, 0.717) is 39.4 Å². The number of aromatic nitrogens is 2. The zero-order valence-corrected chi connectivity index (χ0v) is 20.9. The summed E-state index contributed by atoms with van der Waals surface area (Å²) in [4.78, 5) is 12.9. The van der Waals surface area contributed by atoms with Crippen LogP contribution in [-0.4, -0.2) is 48.5 Å². The van der Waals surface area contributed by atoms with Crippen LogP contribution in [0.3, 0.4) is 0 Å². The minimum Gasteiger partial charge on any atom is -0.495 e. The van der Waals surface area contributed by atoms with Gasteiger partial charge in [-0.05, 0) is 61.7 Å². The standard InChI is InChI=1S/C26H28FN5O2S/c1-6-31(35(4)5)23-16-22-19(15-24(23)34-3)25(26(33)28-2)32(30-22)18-13-11-17(12-14-18)29-21-10-8-7-9-20(21)27/h7-16,29H,4,6H2,1-3,5H3,(H,28,33). The number of amides is 1. The number of para-hydroxylation sites is 1. The summed E-state index contributed by atoms with van der Waals surface area (Å²) in [7, 11) is 2.93. The monoisotopic (exact) mass is 493 g/mol. The average molecular weight is 494 g/mol. The number of ether oxygens (including phenoxy) is 1. The first-order valence-electron chi connectivity index (χ1n) is 11.1. The fraction of sp³-hybridized carbons (Fsp3) is 0.192. The molecule has 35 heavy (non-hydrogen) atoms. The van der Waals surface area contributed by atoms with Crippen molar-refractivity contribution in [2.24, 2.45) is 0 Å². The van der Waals surface area contributed by atoms with Crippen molar-refractivity contribution in [3.05, 3.63) is 72.2 Å². The zero-order chi connectivity index (χ0) is 25.1. The number of hydrogen-bond acceptors (Lipinski definition) is 5. The quantitative estimate of drug-likeness (QED) is 0.324. The van der Waals surface area contributed by atoms with Crippen molar-refractivity contribution in [2.75, 3.05) is 36.6 Å². The molecule has 0 aliphatic rings. The highest BCUT2D eigenvalue weighted by atomic mass is 32.2. The summed E-state index contributed by atoms with van der Waals surface area (Å²) < 4.78 is 23.4. The average Bonchev–Trinajstić information content (AvgIpc) is 3.23. The Labute approximate surface area is 206 Å². The topological polar surface area (TPSA) is 71.4 Å². The van der Waals surface area contributed by atoms with Crippen LogP contribution in [0.25, 0.3) is 16.6 Å². The second-order valence-electron chi connectivity index (χ2n) is 7.83. The molecule has 1 atom stereocenters. The lowest BCUT2D eigenvalue weighted by atomic mass is 10.1. The zero-order valence-electron chi connectivity index (χ0n) is 20.1. The highest BCUT2D eigenvalue weighted by Crippen LogP contribution is 2.38. The van der Waals surface area contributed by atoms with Crippen LogP contribution >= 0.6 is 10.7 Å². The second-order valence-corrected chi connectivity index (χ2v) is 9.47. The summed E-state index contributed by atoms with van der Waals surface area (Å²) in [6.07, 6.45) is 2.04. The smallest absolute Gasteiger partial charge is 0.270 e. The Kier molecular flexibility index (Phi) is 7.07. The summed E-state index contributed by atoms with van der Waals surface area (Å²) in [5, 5.41) is 11.2. The van der Waals surface area contributed by atoms with E-state index in [0.717, 1.165) is 12.2 Å². The number of carbonyl (C=O) groups is 1. The van der Waals surface area contributed by atoms with E-state index in [2.05, 4.69) is 27.7 Å². The first-order valence-corrected chi connectivity index (χ1v) is 12.8. The van der Waals surface area contributed by atoms with Gasteiger partial charge in [-0.1, -0.05) is 18.0 Å². The number of halogens is 1. The van der Waals surface area contributed by atoms with Crippen LogP contribution in [0.15, 0.2) is 60.7 Å². The molecule has 0 radical (unpaired) electrons. The minimum absolute atomic E-state index is 0.268. The maximum absolute atomic E-state index is 14.0. The Morgan fingerprint density at radius 1 is 1.20 bits per heavy atom. The lowest BCUT2D eigenvalue weighted by molar-refractivity contribution is 0.0957. The van der Waals surface area contributed by atoms with Crippen LogP contribution in [0.5, 0.6) is 5.75 Å². The molecule has 9 heteroatoms. The van der Waals surface area contributed by atoms with Gasteiger partial charge >= 0.3 is 0 Å². The van der Waals surface area contributed by atoms with Gasteiger partial charge in [-0.2, -0.15) is 5.10 Å². The molecule has 4 aromatic rings. The molecule has 0 aliphatic heterocycles. The summed E-state index contributed by atoms with van der Waals surface area (Å²) in [6, 6.07) is 17.6. The lowest BCUT2D eigenvalue weighted by Crippen LogP contribution is -2.22. The number of fused-ring (bicyclic) bond motifs is 1. The largest absolute Gasteiger partial charge is 0.495 e. The van der Waals surface area contributed by atoms with Crippen molar-refractivity contribution < 1.29 is 13.9 Å². The van der Waals surface area contributed by atoms with Crippen molar-refractivity contribution in [2.45, 2.75) is 6.92 Å². The Hall–Kier alpha value is -3.85. The van der Waals surface area contributed by atoms with E-state index in [1.165, 1.54) is 6.07 Å². The lowest BCUT2D eigenvalue weighted by Gasteiger charge is -2.25. The summed E-state index contributed by atoms with van der Waals surface area (Å²) in [6.45, 7) is 2.81. The van der Waals surface area contributed by atoms with Crippen LogP contribution in [0, 0.1) is 5.82 Å². The van der Waals surface area contributed by atoms with Crippen LogP contribution in [0.1, 0.15) is 17.4 Å². The number of nitrogens with one attached hydrogen (secondary N) is 2. The maximum Gasteiger partial charge on any atom is 0.270 e. The van der Waals surface area contributed by atoms with E-state index in [-0.39, 0.29) is 22.4 Å². The summed E-state index contributed by atoms with van der Waals surface area (Å²) >= 11 is 0. The van der Waals surface area contributed by atoms with Crippen LogP contribution < -0.4 is 19.7 Å². The molecule has 1 unspecified atom stereocenters. The normalized spacial score (nSPS) is 11.8. The minimum atomic E-state index is -0.333. The number of anilines is 3. The van der Waals surface area contributed by atoms with Gasteiger partial charge in [0.25, 0.3) is 5.91 Å². The van der Waals surface area contributed by atoms with Gasteiger partial charge in [0.2, 0.25) is 0 Å². The van der Waals surface area contributed by atoms with E-state index in [4.69, 9.17) is 9.84 Å². The first-order chi connectivity index (χ1) is 16.9. The van der Waals surface area contributed by atoms with Gasteiger partial charge in [-0.25, -0.2) is 9.07 Å². The Balaban J connectivity index is 1.81. The van der Waals surface area contributed by atoms with Crippen LogP contribution in [0.4, 0.5) is 21.5 Å². The van der Waals surface area contributed by atoms with Gasteiger partial charge in [0.15, 0.2) is 0 Å². The fourth-order valence-electron chi connectivity index (χ4n) is 3.95. The molecule has 0 bridgehead atoms. The molecule has 0 fully saturated rings.